The Morgan fingerprint density at radius 2 is 1.38 bits per heavy atom. The lowest BCUT2D eigenvalue weighted by atomic mass is 10.1. The van der Waals surface area contributed by atoms with Crippen LogP contribution in [0.3, 0.4) is 0 Å². The summed E-state index contributed by atoms with van der Waals surface area (Å²) in [6.45, 7) is 0. The molecule has 0 aliphatic heterocycles. The summed E-state index contributed by atoms with van der Waals surface area (Å²) in [6, 6.07) is 23.8. The van der Waals surface area contributed by atoms with E-state index in [1.165, 1.54) is 0 Å². The molecule has 0 fully saturated rings. The van der Waals surface area contributed by atoms with E-state index >= 15 is 0 Å². The van der Waals surface area contributed by atoms with Crippen molar-refractivity contribution in [2.75, 3.05) is 0 Å². The lowest BCUT2D eigenvalue weighted by Gasteiger charge is -2.00. The standard InChI is InChI=1S/C18H12N2O/c1-2-6-13(7-3-1)15-10-11-16(20-19-15)18-12-14-8-4-5-9-17(14)21-18/h1-12H. The van der Waals surface area contributed by atoms with Crippen molar-refractivity contribution in [3.8, 4) is 22.7 Å². The maximum atomic E-state index is 5.80. The fourth-order valence-electron chi connectivity index (χ4n) is 2.33. The average molecular weight is 272 g/mol. The summed E-state index contributed by atoms with van der Waals surface area (Å²) in [5.41, 5.74) is 3.52. The minimum Gasteiger partial charge on any atom is -0.454 e. The van der Waals surface area contributed by atoms with Crippen LogP contribution in [0, 0.1) is 0 Å². The molecule has 0 bridgehead atoms. The number of furan rings is 1. The number of hydrogen-bond donors (Lipinski definition) is 0. The van der Waals surface area contributed by atoms with Gasteiger partial charge in [0.05, 0.1) is 5.69 Å². The third-order valence-electron chi connectivity index (χ3n) is 3.41. The third-order valence-corrected chi connectivity index (χ3v) is 3.41. The predicted molar refractivity (Wildman–Crippen MR) is 82.7 cm³/mol. The van der Waals surface area contributed by atoms with Gasteiger partial charge in [-0.25, -0.2) is 0 Å². The molecule has 0 radical (unpaired) electrons. The molecule has 2 aromatic carbocycles. The highest BCUT2D eigenvalue weighted by atomic mass is 16.3. The predicted octanol–water partition coefficient (Wildman–Crippen LogP) is 4.56. The van der Waals surface area contributed by atoms with Gasteiger partial charge >= 0.3 is 0 Å². The van der Waals surface area contributed by atoms with E-state index < -0.39 is 0 Å². The Balaban J connectivity index is 1.73. The van der Waals surface area contributed by atoms with Crippen molar-refractivity contribution in [3.05, 3.63) is 72.8 Å². The van der Waals surface area contributed by atoms with Gasteiger partial charge < -0.3 is 4.42 Å². The normalized spacial score (nSPS) is 10.9. The Kier molecular flexibility index (Phi) is 2.75. The lowest BCUT2D eigenvalue weighted by Crippen LogP contribution is -1.89. The number of rotatable bonds is 2. The van der Waals surface area contributed by atoms with Gasteiger partial charge in [-0.1, -0.05) is 48.5 Å². The molecule has 0 amide bonds. The summed E-state index contributed by atoms with van der Waals surface area (Å²) >= 11 is 0. The molecule has 21 heavy (non-hydrogen) atoms. The van der Waals surface area contributed by atoms with Crippen LogP contribution in [0.5, 0.6) is 0 Å². The zero-order valence-corrected chi connectivity index (χ0v) is 11.2. The number of hydrogen-bond acceptors (Lipinski definition) is 3. The summed E-state index contributed by atoms with van der Waals surface area (Å²) in [6.07, 6.45) is 0. The van der Waals surface area contributed by atoms with Crippen LogP contribution < -0.4 is 0 Å². The van der Waals surface area contributed by atoms with Crippen molar-refractivity contribution < 1.29 is 4.42 Å². The second-order valence-electron chi connectivity index (χ2n) is 4.82. The minimum absolute atomic E-state index is 0.739. The maximum absolute atomic E-state index is 5.80. The molecule has 4 aromatic rings. The average Bonchev–Trinajstić information content (AvgIpc) is 3.00. The van der Waals surface area contributed by atoms with Crippen molar-refractivity contribution in [1.29, 1.82) is 0 Å². The molecule has 3 heteroatoms. The van der Waals surface area contributed by atoms with Gasteiger partial charge in [0.25, 0.3) is 0 Å². The van der Waals surface area contributed by atoms with Gasteiger partial charge in [0, 0.05) is 10.9 Å². The van der Waals surface area contributed by atoms with E-state index in [-0.39, 0.29) is 0 Å². The fraction of sp³-hybridized carbons (Fsp3) is 0. The van der Waals surface area contributed by atoms with Crippen LogP contribution in [0.2, 0.25) is 0 Å². The van der Waals surface area contributed by atoms with Crippen LogP contribution in [-0.4, -0.2) is 10.2 Å². The van der Waals surface area contributed by atoms with Gasteiger partial charge in [0.1, 0.15) is 11.3 Å². The minimum atomic E-state index is 0.739. The van der Waals surface area contributed by atoms with E-state index in [4.69, 9.17) is 4.42 Å². The smallest absolute Gasteiger partial charge is 0.155 e. The van der Waals surface area contributed by atoms with Crippen LogP contribution >= 0.6 is 0 Å². The van der Waals surface area contributed by atoms with E-state index in [9.17, 15) is 0 Å². The Bertz CT molecular complexity index is 847. The summed E-state index contributed by atoms with van der Waals surface area (Å²) < 4.78 is 5.80. The van der Waals surface area contributed by atoms with Crippen molar-refractivity contribution in [3.63, 3.8) is 0 Å². The molecule has 0 spiro atoms. The van der Waals surface area contributed by atoms with Gasteiger partial charge in [-0.15, -0.1) is 10.2 Å². The molecular weight excluding hydrogens is 260 g/mol. The lowest BCUT2D eigenvalue weighted by molar-refractivity contribution is 0.627. The molecule has 2 aromatic heterocycles. The SMILES string of the molecule is c1ccc(-c2ccc(-c3cc4ccccc4o3)nn2)cc1. The summed E-state index contributed by atoms with van der Waals surface area (Å²) in [5.74, 6) is 0.739. The van der Waals surface area contributed by atoms with E-state index in [0.29, 0.717) is 0 Å². The Labute approximate surface area is 121 Å². The van der Waals surface area contributed by atoms with E-state index in [0.717, 1.165) is 33.7 Å². The number of fused-ring (bicyclic) bond motifs is 1. The molecule has 2 heterocycles. The molecule has 0 aliphatic rings. The van der Waals surface area contributed by atoms with E-state index in [1.807, 2.05) is 72.8 Å². The number of para-hydroxylation sites is 1. The first-order chi connectivity index (χ1) is 10.4. The Morgan fingerprint density at radius 1 is 0.667 bits per heavy atom. The zero-order valence-electron chi connectivity index (χ0n) is 11.2. The zero-order chi connectivity index (χ0) is 14.1. The van der Waals surface area contributed by atoms with Crippen LogP contribution in [0.1, 0.15) is 0 Å². The first-order valence-corrected chi connectivity index (χ1v) is 6.78. The van der Waals surface area contributed by atoms with Gasteiger partial charge in [-0.2, -0.15) is 0 Å². The molecule has 3 nitrogen and oxygen atoms in total. The van der Waals surface area contributed by atoms with Crippen LogP contribution in [0.25, 0.3) is 33.7 Å². The molecule has 0 atom stereocenters. The van der Waals surface area contributed by atoms with E-state index in [2.05, 4.69) is 10.2 Å². The van der Waals surface area contributed by atoms with Crippen LogP contribution in [-0.2, 0) is 0 Å². The summed E-state index contributed by atoms with van der Waals surface area (Å²) in [7, 11) is 0. The number of aromatic nitrogens is 2. The van der Waals surface area contributed by atoms with Gasteiger partial charge in [0.15, 0.2) is 5.76 Å². The van der Waals surface area contributed by atoms with Crippen molar-refractivity contribution >= 4 is 11.0 Å². The van der Waals surface area contributed by atoms with Crippen LogP contribution in [0.15, 0.2) is 77.2 Å². The largest absolute Gasteiger partial charge is 0.454 e. The molecule has 100 valence electrons. The van der Waals surface area contributed by atoms with Gasteiger partial charge in [0.2, 0.25) is 0 Å². The molecule has 0 saturated heterocycles. The maximum Gasteiger partial charge on any atom is 0.155 e. The number of nitrogens with zero attached hydrogens (tertiary/aromatic N) is 2. The monoisotopic (exact) mass is 272 g/mol. The van der Waals surface area contributed by atoms with E-state index in [1.54, 1.807) is 0 Å². The molecule has 0 aliphatic carbocycles. The summed E-state index contributed by atoms with van der Waals surface area (Å²) in [5, 5.41) is 9.63. The van der Waals surface area contributed by atoms with Crippen LogP contribution in [0.4, 0.5) is 0 Å². The second-order valence-corrected chi connectivity index (χ2v) is 4.82. The Morgan fingerprint density at radius 3 is 2.14 bits per heavy atom. The molecule has 0 saturated carbocycles. The first-order valence-electron chi connectivity index (χ1n) is 6.78. The van der Waals surface area contributed by atoms with Gasteiger partial charge in [-0.3, -0.25) is 0 Å². The quantitative estimate of drug-likeness (QED) is 0.537. The van der Waals surface area contributed by atoms with Crippen molar-refractivity contribution in [2.45, 2.75) is 0 Å². The first kappa shape index (κ1) is 11.9. The second kappa shape index (κ2) is 4.87. The van der Waals surface area contributed by atoms with Gasteiger partial charge in [-0.05, 0) is 24.3 Å². The fourth-order valence-corrected chi connectivity index (χ4v) is 2.33. The third kappa shape index (κ3) is 2.19. The number of benzene rings is 2. The highest BCUT2D eigenvalue weighted by molar-refractivity contribution is 5.82. The highest BCUT2D eigenvalue weighted by Gasteiger charge is 2.08. The molecular formula is C18H12N2O. The topological polar surface area (TPSA) is 38.9 Å². The highest BCUT2D eigenvalue weighted by Crippen LogP contribution is 2.26. The molecule has 0 N–H and O–H groups in total. The summed E-state index contributed by atoms with van der Waals surface area (Å²) in [4.78, 5) is 0. The molecule has 4 rings (SSSR count). The van der Waals surface area contributed by atoms with Crippen molar-refractivity contribution in [2.24, 2.45) is 0 Å². The molecule has 0 unspecified atom stereocenters. The van der Waals surface area contributed by atoms with Crippen molar-refractivity contribution in [1.82, 2.24) is 10.2 Å². The Hall–Kier alpha value is -2.94.